The summed E-state index contributed by atoms with van der Waals surface area (Å²) in [7, 11) is 0. The van der Waals surface area contributed by atoms with E-state index in [0.29, 0.717) is 44.2 Å². The number of furan rings is 1. The van der Waals surface area contributed by atoms with Crippen molar-refractivity contribution in [3.63, 3.8) is 0 Å². The van der Waals surface area contributed by atoms with E-state index in [2.05, 4.69) is 5.32 Å². The first-order chi connectivity index (χ1) is 12.8. The molecule has 1 aromatic heterocycles. The fraction of sp³-hybridized carbons (Fsp3) is 0.421. The van der Waals surface area contributed by atoms with Crippen LogP contribution in [0, 0.1) is 0 Å². The van der Waals surface area contributed by atoms with Gasteiger partial charge in [-0.1, -0.05) is 6.07 Å². The lowest BCUT2D eigenvalue weighted by atomic mass is 10.1. The summed E-state index contributed by atoms with van der Waals surface area (Å²) in [6, 6.07) is 8.78. The van der Waals surface area contributed by atoms with Crippen LogP contribution < -0.4 is 15.1 Å². The van der Waals surface area contributed by atoms with Crippen molar-refractivity contribution in [2.24, 2.45) is 0 Å². The highest BCUT2D eigenvalue weighted by Crippen LogP contribution is 2.31. The molecule has 27 heavy (non-hydrogen) atoms. The van der Waals surface area contributed by atoms with E-state index < -0.39 is 11.7 Å². The number of halogens is 3. The second-order valence-corrected chi connectivity index (χ2v) is 6.77. The smallest absolute Gasteiger partial charge is 0.416 e. The van der Waals surface area contributed by atoms with E-state index in [4.69, 9.17) is 4.42 Å². The third kappa shape index (κ3) is 5.03. The molecule has 1 aliphatic heterocycles. The standard InChI is InChI=1S/C19H22F3N3O2/c1-14(17-6-3-11-27-17)23-18(26)13-24-7-9-25(10-8-24)16-5-2-4-15(12-16)19(20,21)22/h2-6,11-12,14H,7-10,13H2,1H3,(H,23,26)/p+1/t14-/m0/s1. The zero-order chi connectivity index (χ0) is 19.4. The monoisotopic (exact) mass is 382 g/mol. The van der Waals surface area contributed by atoms with Gasteiger partial charge in [0.25, 0.3) is 5.91 Å². The SMILES string of the molecule is C[C@H](NC(=O)C[NH+]1CCN(c2cccc(C(F)(F)F)c2)CC1)c1ccco1. The highest BCUT2D eigenvalue weighted by molar-refractivity contribution is 5.77. The van der Waals surface area contributed by atoms with Crippen LogP contribution in [0.2, 0.25) is 0 Å². The van der Waals surface area contributed by atoms with Gasteiger partial charge in [-0.2, -0.15) is 13.2 Å². The van der Waals surface area contributed by atoms with Crippen LogP contribution in [0.25, 0.3) is 0 Å². The Bertz CT molecular complexity index is 754. The Balaban J connectivity index is 1.50. The molecule has 1 amide bonds. The number of carbonyl (C=O) groups excluding carboxylic acids is 1. The quantitative estimate of drug-likeness (QED) is 0.830. The Kier molecular flexibility index (Phi) is 5.74. The first-order valence-corrected chi connectivity index (χ1v) is 8.91. The summed E-state index contributed by atoms with van der Waals surface area (Å²) in [6.45, 7) is 4.80. The van der Waals surface area contributed by atoms with E-state index in [1.165, 1.54) is 12.1 Å². The molecular weight excluding hydrogens is 359 g/mol. The zero-order valence-electron chi connectivity index (χ0n) is 15.1. The average Bonchev–Trinajstić information content (AvgIpc) is 3.16. The molecule has 1 fully saturated rings. The highest BCUT2D eigenvalue weighted by Gasteiger charge is 2.31. The summed E-state index contributed by atoms with van der Waals surface area (Å²) in [5, 5.41) is 2.90. The summed E-state index contributed by atoms with van der Waals surface area (Å²) < 4.78 is 43.9. The molecule has 1 aromatic carbocycles. The number of nitrogens with one attached hydrogen (secondary N) is 2. The molecule has 0 bridgehead atoms. The zero-order valence-corrected chi connectivity index (χ0v) is 15.1. The Morgan fingerprint density at radius 2 is 2.00 bits per heavy atom. The first-order valence-electron chi connectivity index (χ1n) is 8.91. The summed E-state index contributed by atoms with van der Waals surface area (Å²) in [5.41, 5.74) is -0.0687. The van der Waals surface area contributed by atoms with Crippen molar-refractivity contribution in [1.82, 2.24) is 5.32 Å². The number of anilines is 1. The maximum Gasteiger partial charge on any atom is 0.416 e. The van der Waals surface area contributed by atoms with Gasteiger partial charge in [0.05, 0.1) is 44.0 Å². The fourth-order valence-electron chi connectivity index (χ4n) is 3.27. The normalized spacial score (nSPS) is 17.0. The summed E-state index contributed by atoms with van der Waals surface area (Å²) in [5.74, 6) is 0.633. The maximum atomic E-state index is 12.9. The van der Waals surface area contributed by atoms with E-state index in [1.807, 2.05) is 17.9 Å². The topological polar surface area (TPSA) is 49.9 Å². The molecule has 0 spiro atoms. The van der Waals surface area contributed by atoms with Gasteiger partial charge in [0.1, 0.15) is 5.76 Å². The number of rotatable bonds is 5. The molecule has 0 saturated carbocycles. The second kappa shape index (κ2) is 8.04. The Morgan fingerprint density at radius 3 is 2.63 bits per heavy atom. The Hall–Kier alpha value is -2.48. The highest BCUT2D eigenvalue weighted by atomic mass is 19.4. The number of hydrogen-bond donors (Lipinski definition) is 2. The van der Waals surface area contributed by atoms with E-state index in [1.54, 1.807) is 18.4 Å². The summed E-state index contributed by atoms with van der Waals surface area (Å²) in [4.78, 5) is 15.3. The lowest BCUT2D eigenvalue weighted by Crippen LogP contribution is -3.15. The average molecular weight is 382 g/mol. The number of amides is 1. The maximum absolute atomic E-state index is 12.9. The van der Waals surface area contributed by atoms with Crippen LogP contribution in [0.3, 0.4) is 0 Å². The number of benzene rings is 1. The molecular formula is C19H23F3N3O2+. The third-order valence-electron chi connectivity index (χ3n) is 4.77. The van der Waals surface area contributed by atoms with Crippen molar-refractivity contribution in [2.75, 3.05) is 37.6 Å². The van der Waals surface area contributed by atoms with Crippen molar-refractivity contribution in [3.05, 3.63) is 54.0 Å². The minimum Gasteiger partial charge on any atom is -0.467 e. The second-order valence-electron chi connectivity index (χ2n) is 6.77. The molecule has 146 valence electrons. The van der Waals surface area contributed by atoms with Gasteiger partial charge in [-0.15, -0.1) is 0 Å². The minimum atomic E-state index is -4.34. The van der Waals surface area contributed by atoms with Gasteiger partial charge in [0.15, 0.2) is 6.54 Å². The van der Waals surface area contributed by atoms with Crippen LogP contribution in [0.1, 0.15) is 24.3 Å². The number of piperazine rings is 1. The first kappa shape index (κ1) is 19.3. The Labute approximate surface area is 155 Å². The molecule has 2 heterocycles. The molecule has 2 aromatic rings. The van der Waals surface area contributed by atoms with E-state index >= 15 is 0 Å². The third-order valence-corrected chi connectivity index (χ3v) is 4.77. The predicted molar refractivity (Wildman–Crippen MR) is 94.5 cm³/mol. The largest absolute Gasteiger partial charge is 0.467 e. The van der Waals surface area contributed by atoms with Crippen molar-refractivity contribution in [3.8, 4) is 0 Å². The number of carbonyl (C=O) groups is 1. The van der Waals surface area contributed by atoms with Crippen LogP contribution >= 0.6 is 0 Å². The Morgan fingerprint density at radius 1 is 1.26 bits per heavy atom. The van der Waals surface area contributed by atoms with E-state index in [-0.39, 0.29) is 11.9 Å². The summed E-state index contributed by atoms with van der Waals surface area (Å²) in [6.07, 6.45) is -2.78. The van der Waals surface area contributed by atoms with Gasteiger partial charge >= 0.3 is 6.18 Å². The van der Waals surface area contributed by atoms with Crippen LogP contribution in [0.4, 0.5) is 18.9 Å². The lowest BCUT2D eigenvalue weighted by molar-refractivity contribution is -0.892. The van der Waals surface area contributed by atoms with Gasteiger partial charge < -0.3 is 19.5 Å². The van der Waals surface area contributed by atoms with Gasteiger partial charge in [-0.3, -0.25) is 4.79 Å². The number of hydrogen-bond acceptors (Lipinski definition) is 3. The molecule has 1 saturated heterocycles. The number of nitrogens with zero attached hydrogens (tertiary/aromatic N) is 1. The van der Waals surface area contributed by atoms with Crippen molar-refractivity contribution >= 4 is 11.6 Å². The van der Waals surface area contributed by atoms with Gasteiger partial charge in [0.2, 0.25) is 0 Å². The number of alkyl halides is 3. The van der Waals surface area contributed by atoms with Crippen molar-refractivity contribution in [2.45, 2.75) is 19.1 Å². The molecule has 5 nitrogen and oxygen atoms in total. The fourth-order valence-corrected chi connectivity index (χ4v) is 3.27. The van der Waals surface area contributed by atoms with Crippen LogP contribution in [-0.4, -0.2) is 38.6 Å². The van der Waals surface area contributed by atoms with Crippen molar-refractivity contribution in [1.29, 1.82) is 0 Å². The van der Waals surface area contributed by atoms with Gasteiger partial charge in [-0.25, -0.2) is 0 Å². The molecule has 0 aliphatic carbocycles. The van der Waals surface area contributed by atoms with E-state index in [9.17, 15) is 18.0 Å². The molecule has 0 unspecified atom stereocenters. The van der Waals surface area contributed by atoms with E-state index in [0.717, 1.165) is 11.0 Å². The van der Waals surface area contributed by atoms with Crippen LogP contribution in [-0.2, 0) is 11.0 Å². The predicted octanol–water partition coefficient (Wildman–Crippen LogP) is 1.88. The molecule has 2 N–H and O–H groups in total. The molecule has 1 aliphatic rings. The lowest BCUT2D eigenvalue weighted by Gasteiger charge is -2.33. The summed E-state index contributed by atoms with van der Waals surface area (Å²) >= 11 is 0. The molecule has 3 rings (SSSR count). The van der Waals surface area contributed by atoms with Crippen LogP contribution in [0.5, 0.6) is 0 Å². The number of quaternary nitrogens is 1. The van der Waals surface area contributed by atoms with Crippen LogP contribution in [0.15, 0.2) is 47.1 Å². The molecule has 8 heteroatoms. The molecule has 0 radical (unpaired) electrons. The van der Waals surface area contributed by atoms with Crippen molar-refractivity contribution < 1.29 is 27.3 Å². The molecule has 1 atom stereocenters. The van der Waals surface area contributed by atoms with Gasteiger partial charge in [-0.05, 0) is 37.3 Å². The minimum absolute atomic E-state index is 0.0681. The van der Waals surface area contributed by atoms with Gasteiger partial charge in [0, 0.05) is 5.69 Å².